The summed E-state index contributed by atoms with van der Waals surface area (Å²) in [7, 11) is 1.52. The van der Waals surface area contributed by atoms with Crippen LogP contribution in [0.1, 0.15) is 5.56 Å². The molecule has 4 heteroatoms. The lowest BCUT2D eigenvalue weighted by Gasteiger charge is -2.09. The van der Waals surface area contributed by atoms with E-state index in [1.807, 2.05) is 0 Å². The van der Waals surface area contributed by atoms with Gasteiger partial charge in [-0.15, -0.1) is 0 Å². The fraction of sp³-hybridized carbons (Fsp3) is 0.333. The molecule has 0 aliphatic rings. The summed E-state index contributed by atoms with van der Waals surface area (Å²) in [5.74, 6) is 0.141. The van der Waals surface area contributed by atoms with Crippen molar-refractivity contribution in [3.63, 3.8) is 0 Å². The molecule has 72 valence electrons. The Morgan fingerprint density at radius 3 is 2.77 bits per heavy atom. The molecule has 0 atom stereocenters. The second-order valence-electron chi connectivity index (χ2n) is 2.58. The van der Waals surface area contributed by atoms with E-state index in [0.29, 0.717) is 24.3 Å². The third kappa shape index (κ3) is 2.11. The van der Waals surface area contributed by atoms with Crippen LogP contribution < -0.4 is 10.5 Å². The van der Waals surface area contributed by atoms with Gasteiger partial charge in [-0.05, 0) is 25.1 Å². The van der Waals surface area contributed by atoms with Crippen LogP contribution in [0, 0.1) is 5.82 Å². The predicted molar refractivity (Wildman–Crippen MR) is 50.7 cm³/mol. The normalized spacial score (nSPS) is 10.2. The molecule has 0 aliphatic heterocycles. The Balaban J connectivity index is 3.15. The summed E-state index contributed by atoms with van der Waals surface area (Å²) in [4.78, 5) is 0. The topological polar surface area (TPSA) is 35.2 Å². The number of halogens is 2. The molecule has 0 saturated carbocycles. The van der Waals surface area contributed by atoms with Crippen molar-refractivity contribution in [2.45, 2.75) is 6.42 Å². The van der Waals surface area contributed by atoms with E-state index in [1.54, 1.807) is 6.07 Å². The summed E-state index contributed by atoms with van der Waals surface area (Å²) >= 11 is 5.75. The van der Waals surface area contributed by atoms with Gasteiger partial charge in [-0.1, -0.05) is 11.6 Å². The van der Waals surface area contributed by atoms with E-state index >= 15 is 0 Å². The van der Waals surface area contributed by atoms with Crippen LogP contribution in [0.15, 0.2) is 12.1 Å². The standard InChI is InChI=1S/C9H11ClFNO/c1-13-8-3-2-7(11)9(10)6(8)4-5-12/h2-3H,4-5,12H2,1H3. The lowest BCUT2D eigenvalue weighted by Crippen LogP contribution is -2.05. The van der Waals surface area contributed by atoms with Crippen molar-refractivity contribution in [2.75, 3.05) is 13.7 Å². The lowest BCUT2D eigenvalue weighted by molar-refractivity contribution is 0.408. The summed E-state index contributed by atoms with van der Waals surface area (Å²) in [5, 5.41) is 0.102. The van der Waals surface area contributed by atoms with Gasteiger partial charge >= 0.3 is 0 Å². The van der Waals surface area contributed by atoms with Crippen molar-refractivity contribution in [3.05, 3.63) is 28.5 Å². The minimum atomic E-state index is -0.439. The van der Waals surface area contributed by atoms with E-state index < -0.39 is 5.82 Å². The largest absolute Gasteiger partial charge is 0.496 e. The van der Waals surface area contributed by atoms with Gasteiger partial charge in [0.15, 0.2) is 0 Å². The molecule has 1 aromatic rings. The highest BCUT2D eigenvalue weighted by Crippen LogP contribution is 2.28. The first-order valence-corrected chi connectivity index (χ1v) is 4.29. The Hall–Kier alpha value is -0.800. The Morgan fingerprint density at radius 2 is 2.23 bits per heavy atom. The smallest absolute Gasteiger partial charge is 0.142 e. The Labute approximate surface area is 81.4 Å². The van der Waals surface area contributed by atoms with Gasteiger partial charge in [-0.2, -0.15) is 0 Å². The van der Waals surface area contributed by atoms with E-state index in [0.717, 1.165) is 0 Å². The number of ether oxygens (including phenoxy) is 1. The highest BCUT2D eigenvalue weighted by atomic mass is 35.5. The van der Waals surface area contributed by atoms with Gasteiger partial charge in [-0.25, -0.2) is 4.39 Å². The van der Waals surface area contributed by atoms with Crippen molar-refractivity contribution in [2.24, 2.45) is 5.73 Å². The van der Waals surface area contributed by atoms with Gasteiger partial charge in [-0.3, -0.25) is 0 Å². The molecule has 0 bridgehead atoms. The average Bonchev–Trinajstić information content (AvgIpc) is 2.14. The van der Waals surface area contributed by atoms with Crippen molar-refractivity contribution < 1.29 is 9.13 Å². The van der Waals surface area contributed by atoms with Crippen LogP contribution in [0.2, 0.25) is 5.02 Å². The fourth-order valence-electron chi connectivity index (χ4n) is 1.14. The zero-order valence-electron chi connectivity index (χ0n) is 7.31. The Morgan fingerprint density at radius 1 is 1.54 bits per heavy atom. The molecule has 1 rings (SSSR count). The molecule has 0 radical (unpaired) electrons. The van der Waals surface area contributed by atoms with E-state index in [9.17, 15) is 4.39 Å². The molecule has 0 unspecified atom stereocenters. The average molecular weight is 204 g/mol. The molecule has 0 aromatic heterocycles. The maximum atomic E-state index is 13.0. The van der Waals surface area contributed by atoms with Crippen molar-refractivity contribution in [3.8, 4) is 5.75 Å². The molecule has 0 amide bonds. The zero-order valence-corrected chi connectivity index (χ0v) is 8.07. The second-order valence-corrected chi connectivity index (χ2v) is 2.96. The number of rotatable bonds is 3. The number of hydrogen-bond acceptors (Lipinski definition) is 2. The maximum Gasteiger partial charge on any atom is 0.142 e. The quantitative estimate of drug-likeness (QED) is 0.816. The van der Waals surface area contributed by atoms with Crippen molar-refractivity contribution >= 4 is 11.6 Å². The SMILES string of the molecule is COc1ccc(F)c(Cl)c1CCN. The monoisotopic (exact) mass is 203 g/mol. The lowest BCUT2D eigenvalue weighted by atomic mass is 10.1. The van der Waals surface area contributed by atoms with Gasteiger partial charge in [0.25, 0.3) is 0 Å². The molecule has 13 heavy (non-hydrogen) atoms. The summed E-state index contributed by atoms with van der Waals surface area (Å²) in [5.41, 5.74) is 6.00. The number of nitrogens with two attached hydrogens (primary N) is 1. The van der Waals surface area contributed by atoms with Gasteiger partial charge < -0.3 is 10.5 Å². The Kier molecular flexibility index (Phi) is 3.51. The van der Waals surface area contributed by atoms with Crippen LogP contribution in [0.5, 0.6) is 5.75 Å². The molecule has 0 saturated heterocycles. The molecule has 0 fully saturated rings. The van der Waals surface area contributed by atoms with Crippen molar-refractivity contribution in [1.82, 2.24) is 0 Å². The van der Waals surface area contributed by atoms with Crippen molar-refractivity contribution in [1.29, 1.82) is 0 Å². The predicted octanol–water partition coefficient (Wildman–Crippen LogP) is 1.99. The molecule has 1 aromatic carbocycles. The first-order chi connectivity index (χ1) is 6.20. The number of benzene rings is 1. The maximum absolute atomic E-state index is 13.0. The third-order valence-electron chi connectivity index (χ3n) is 1.77. The zero-order chi connectivity index (χ0) is 9.84. The van der Waals surface area contributed by atoms with Gasteiger partial charge in [0.1, 0.15) is 11.6 Å². The number of hydrogen-bond donors (Lipinski definition) is 1. The molecule has 0 aliphatic carbocycles. The van der Waals surface area contributed by atoms with Crippen LogP contribution in [-0.2, 0) is 6.42 Å². The minimum Gasteiger partial charge on any atom is -0.496 e. The van der Waals surface area contributed by atoms with Crippen LogP contribution in [0.25, 0.3) is 0 Å². The molecular weight excluding hydrogens is 193 g/mol. The minimum absolute atomic E-state index is 0.102. The molecular formula is C9H11ClFNO. The highest BCUT2D eigenvalue weighted by Gasteiger charge is 2.10. The fourth-order valence-corrected chi connectivity index (χ4v) is 1.39. The van der Waals surface area contributed by atoms with Crippen LogP contribution in [0.4, 0.5) is 4.39 Å². The van der Waals surface area contributed by atoms with E-state index in [1.165, 1.54) is 13.2 Å². The second kappa shape index (κ2) is 4.44. The first-order valence-electron chi connectivity index (χ1n) is 3.91. The van der Waals surface area contributed by atoms with E-state index in [2.05, 4.69) is 0 Å². The van der Waals surface area contributed by atoms with E-state index in [4.69, 9.17) is 22.1 Å². The van der Waals surface area contributed by atoms with Crippen LogP contribution >= 0.6 is 11.6 Å². The highest BCUT2D eigenvalue weighted by molar-refractivity contribution is 6.31. The van der Waals surface area contributed by atoms with Gasteiger partial charge in [0, 0.05) is 5.56 Å². The van der Waals surface area contributed by atoms with Gasteiger partial charge in [0.05, 0.1) is 12.1 Å². The molecule has 2 nitrogen and oxygen atoms in total. The Bertz CT molecular complexity index is 304. The van der Waals surface area contributed by atoms with Crippen LogP contribution in [0.3, 0.4) is 0 Å². The van der Waals surface area contributed by atoms with Crippen LogP contribution in [-0.4, -0.2) is 13.7 Å². The summed E-state index contributed by atoms with van der Waals surface area (Å²) in [6, 6.07) is 2.83. The first kappa shape index (κ1) is 10.3. The van der Waals surface area contributed by atoms with E-state index in [-0.39, 0.29) is 5.02 Å². The molecule has 0 heterocycles. The number of methoxy groups -OCH3 is 1. The molecule has 2 N–H and O–H groups in total. The van der Waals surface area contributed by atoms with Gasteiger partial charge in [0.2, 0.25) is 0 Å². The summed E-state index contributed by atoms with van der Waals surface area (Å²) in [6.45, 7) is 0.416. The summed E-state index contributed by atoms with van der Waals surface area (Å²) in [6.07, 6.45) is 0.514. The third-order valence-corrected chi connectivity index (χ3v) is 2.18. The molecule has 0 spiro atoms. The summed E-state index contributed by atoms with van der Waals surface area (Å²) < 4.78 is 18.0.